The molecule has 3 amide bonds. The van der Waals surface area contributed by atoms with Crippen molar-refractivity contribution in [3.63, 3.8) is 0 Å². The van der Waals surface area contributed by atoms with Crippen LogP contribution in [-0.4, -0.2) is 52.1 Å². The molecule has 2 atom stereocenters. The average molecular weight is 487 g/mol. The summed E-state index contributed by atoms with van der Waals surface area (Å²) in [5.41, 5.74) is -0.382. The fourth-order valence-electron chi connectivity index (χ4n) is 4.19. The number of rotatable bonds is 8. The highest BCUT2D eigenvalue weighted by atomic mass is 16.6. The lowest BCUT2D eigenvalue weighted by atomic mass is 9.94. The predicted molar refractivity (Wildman–Crippen MR) is 131 cm³/mol. The van der Waals surface area contributed by atoms with Crippen LogP contribution in [0.4, 0.5) is 4.79 Å². The molecular formula is C26H38N4O5. The molecule has 2 rings (SSSR count). The molecule has 0 aliphatic heterocycles. The predicted octanol–water partition coefficient (Wildman–Crippen LogP) is 3.78. The van der Waals surface area contributed by atoms with Crippen LogP contribution in [0.5, 0.6) is 5.75 Å². The molecule has 1 fully saturated rings. The molecule has 2 unspecified atom stereocenters. The number of phenolic OH excluding ortho intramolecular Hbond substituents is 1. The highest BCUT2D eigenvalue weighted by Gasteiger charge is 2.38. The van der Waals surface area contributed by atoms with Gasteiger partial charge in [-0.15, -0.1) is 0 Å². The largest absolute Gasteiger partial charge is 0.508 e. The van der Waals surface area contributed by atoms with Gasteiger partial charge in [-0.25, -0.2) is 4.79 Å². The number of benzene rings is 1. The molecule has 0 bridgehead atoms. The second-order valence-electron chi connectivity index (χ2n) is 10.3. The second kappa shape index (κ2) is 12.4. The van der Waals surface area contributed by atoms with E-state index in [4.69, 9.17) is 4.74 Å². The van der Waals surface area contributed by atoms with Crippen LogP contribution >= 0.6 is 0 Å². The molecule has 192 valence electrons. The maximum absolute atomic E-state index is 13.7. The number of hydrogen-bond acceptors (Lipinski definition) is 6. The highest BCUT2D eigenvalue weighted by molar-refractivity contribution is 5.92. The first kappa shape index (κ1) is 28.0. The minimum absolute atomic E-state index is 0.0177. The van der Waals surface area contributed by atoms with Crippen LogP contribution in [0.15, 0.2) is 24.3 Å². The van der Waals surface area contributed by atoms with Crippen LogP contribution in [0.3, 0.4) is 0 Å². The molecule has 1 aromatic rings. The lowest BCUT2D eigenvalue weighted by Gasteiger charge is -2.35. The normalized spacial score (nSPS) is 16.0. The minimum Gasteiger partial charge on any atom is -0.508 e. The summed E-state index contributed by atoms with van der Waals surface area (Å²) in [6.45, 7) is 8.29. The van der Waals surface area contributed by atoms with Gasteiger partial charge in [0.2, 0.25) is 11.8 Å². The number of hydrogen-bond donors (Lipinski definition) is 3. The van der Waals surface area contributed by atoms with Crippen molar-refractivity contribution >= 4 is 17.9 Å². The summed E-state index contributed by atoms with van der Waals surface area (Å²) in [6, 6.07) is 5.87. The molecule has 1 aromatic carbocycles. The van der Waals surface area contributed by atoms with Crippen molar-refractivity contribution < 1.29 is 24.2 Å². The third-order valence-corrected chi connectivity index (χ3v) is 5.83. The summed E-state index contributed by atoms with van der Waals surface area (Å²) < 4.78 is 5.32. The zero-order valence-electron chi connectivity index (χ0n) is 21.3. The Hall–Kier alpha value is -3.28. The van der Waals surface area contributed by atoms with Gasteiger partial charge in [-0.3, -0.25) is 9.59 Å². The number of nitrogens with zero attached hydrogens (tertiary/aromatic N) is 2. The fourth-order valence-corrected chi connectivity index (χ4v) is 4.19. The monoisotopic (exact) mass is 486 g/mol. The summed E-state index contributed by atoms with van der Waals surface area (Å²) in [5.74, 6) is -1.41. The Morgan fingerprint density at radius 1 is 1.20 bits per heavy atom. The quantitative estimate of drug-likeness (QED) is 0.479. The topological polar surface area (TPSA) is 132 Å². The van der Waals surface area contributed by atoms with Crippen LogP contribution in [0.25, 0.3) is 0 Å². The minimum atomic E-state index is -1.15. The summed E-state index contributed by atoms with van der Waals surface area (Å²) >= 11 is 0. The Morgan fingerprint density at radius 2 is 1.86 bits per heavy atom. The van der Waals surface area contributed by atoms with Gasteiger partial charge >= 0.3 is 6.09 Å². The van der Waals surface area contributed by atoms with Gasteiger partial charge in [0.05, 0.1) is 6.07 Å². The van der Waals surface area contributed by atoms with Gasteiger partial charge in [0.1, 0.15) is 30.0 Å². The number of alkyl carbamates (subject to hydrolysis) is 1. The number of nitrogens with one attached hydrogen (secondary N) is 2. The third-order valence-electron chi connectivity index (χ3n) is 5.83. The molecule has 1 aliphatic rings. The molecule has 1 saturated carbocycles. The summed E-state index contributed by atoms with van der Waals surface area (Å²) in [4.78, 5) is 40.9. The average Bonchev–Trinajstić information content (AvgIpc) is 2.76. The molecular weight excluding hydrogens is 448 g/mol. The number of ether oxygens (including phenoxy) is 1. The molecule has 0 aromatic heterocycles. The van der Waals surface area contributed by atoms with E-state index in [2.05, 4.69) is 10.6 Å². The van der Waals surface area contributed by atoms with E-state index in [1.54, 1.807) is 46.8 Å². The van der Waals surface area contributed by atoms with Gasteiger partial charge in [0.15, 0.2) is 0 Å². The summed E-state index contributed by atoms with van der Waals surface area (Å²) in [7, 11) is 0. The summed E-state index contributed by atoms with van der Waals surface area (Å²) in [6.07, 6.45) is 4.07. The maximum Gasteiger partial charge on any atom is 0.408 e. The van der Waals surface area contributed by atoms with Crippen molar-refractivity contribution in [2.24, 2.45) is 5.92 Å². The van der Waals surface area contributed by atoms with Crippen molar-refractivity contribution in [3.8, 4) is 11.8 Å². The maximum atomic E-state index is 13.7. The Bertz CT molecular complexity index is 928. The number of carbonyl (C=O) groups excluding carboxylic acids is 3. The van der Waals surface area contributed by atoms with E-state index in [1.807, 2.05) is 6.07 Å². The first-order chi connectivity index (χ1) is 16.4. The molecule has 0 heterocycles. The molecule has 3 N–H and O–H groups in total. The van der Waals surface area contributed by atoms with Crippen LogP contribution in [0.2, 0.25) is 0 Å². The molecule has 9 nitrogen and oxygen atoms in total. The van der Waals surface area contributed by atoms with Crippen LogP contribution in [-0.2, 0) is 14.3 Å². The van der Waals surface area contributed by atoms with Gasteiger partial charge in [-0.2, -0.15) is 5.26 Å². The Labute approximate surface area is 207 Å². The zero-order valence-corrected chi connectivity index (χ0v) is 21.3. The number of aromatic hydroxyl groups is 1. The van der Waals surface area contributed by atoms with Gasteiger partial charge in [0.25, 0.3) is 0 Å². The molecule has 0 spiro atoms. The molecule has 0 radical (unpaired) electrons. The van der Waals surface area contributed by atoms with E-state index >= 15 is 0 Å². The lowest BCUT2D eigenvalue weighted by Crippen LogP contribution is -2.55. The van der Waals surface area contributed by atoms with Gasteiger partial charge in [-0.1, -0.05) is 45.2 Å². The van der Waals surface area contributed by atoms with Crippen LogP contribution < -0.4 is 10.6 Å². The van der Waals surface area contributed by atoms with Crippen molar-refractivity contribution in [2.45, 2.75) is 90.4 Å². The smallest absolute Gasteiger partial charge is 0.408 e. The summed E-state index contributed by atoms with van der Waals surface area (Å²) in [5, 5.41) is 25.3. The van der Waals surface area contributed by atoms with Gasteiger partial charge in [-0.05, 0) is 57.2 Å². The molecule has 0 saturated heterocycles. The molecule has 35 heavy (non-hydrogen) atoms. The Kier molecular flexibility index (Phi) is 9.93. The third kappa shape index (κ3) is 8.46. The SMILES string of the molecule is CC(C)C(NC(=O)OC(C)(C)C)C(=O)N(CC#N)C(C(=O)NC1CCCCC1)c1cccc(O)c1. The fraction of sp³-hybridized carbons (Fsp3) is 0.615. The van der Waals surface area contributed by atoms with Crippen molar-refractivity contribution in [2.75, 3.05) is 6.54 Å². The number of phenols is 1. The first-order valence-electron chi connectivity index (χ1n) is 12.2. The number of amides is 3. The van der Waals surface area contributed by atoms with Crippen LogP contribution in [0.1, 0.15) is 78.3 Å². The van der Waals surface area contributed by atoms with Crippen molar-refractivity contribution in [1.82, 2.24) is 15.5 Å². The van der Waals surface area contributed by atoms with Crippen molar-refractivity contribution in [3.05, 3.63) is 29.8 Å². The van der Waals surface area contributed by atoms with Crippen molar-refractivity contribution in [1.29, 1.82) is 5.26 Å². The Balaban J connectivity index is 2.41. The van der Waals surface area contributed by atoms with E-state index in [9.17, 15) is 24.8 Å². The lowest BCUT2D eigenvalue weighted by molar-refractivity contribution is -0.142. The standard InChI is InChI=1S/C26H38N4O5/c1-17(2)21(29-25(34)35-26(3,4)5)24(33)30(15-14-27)22(18-10-9-13-20(31)16-18)23(32)28-19-11-7-6-8-12-19/h9-10,13,16-17,19,21-22,31H,6-8,11-12,15H2,1-5H3,(H,28,32)(H,29,34). The van der Waals surface area contributed by atoms with Gasteiger partial charge in [0, 0.05) is 6.04 Å². The van der Waals surface area contributed by atoms with E-state index in [1.165, 1.54) is 12.1 Å². The Morgan fingerprint density at radius 3 is 2.40 bits per heavy atom. The van der Waals surface area contributed by atoms with E-state index < -0.39 is 35.6 Å². The van der Waals surface area contributed by atoms with Crippen LogP contribution in [0, 0.1) is 17.2 Å². The number of carbonyl (C=O) groups is 3. The van der Waals surface area contributed by atoms with E-state index in [0.717, 1.165) is 37.0 Å². The molecule has 9 heteroatoms. The van der Waals surface area contributed by atoms with E-state index in [0.29, 0.717) is 5.56 Å². The first-order valence-corrected chi connectivity index (χ1v) is 12.2. The highest BCUT2D eigenvalue weighted by Crippen LogP contribution is 2.27. The second-order valence-corrected chi connectivity index (χ2v) is 10.3. The molecule has 1 aliphatic carbocycles. The number of nitriles is 1. The van der Waals surface area contributed by atoms with E-state index in [-0.39, 0.29) is 24.3 Å². The zero-order chi connectivity index (χ0) is 26.2. The van der Waals surface area contributed by atoms with Gasteiger partial charge < -0.3 is 25.4 Å².